The quantitative estimate of drug-likeness (QED) is 0.373. The Morgan fingerprint density at radius 1 is 1.03 bits per heavy atom. The zero-order valence-corrected chi connectivity index (χ0v) is 17.2. The van der Waals surface area contributed by atoms with Gasteiger partial charge in [0, 0.05) is 24.9 Å². The summed E-state index contributed by atoms with van der Waals surface area (Å²) in [6.45, 7) is 0.123. The van der Waals surface area contributed by atoms with Crippen molar-refractivity contribution in [3.63, 3.8) is 0 Å². The standard InChI is InChI=1S/C24H15F3N4O2/c1-30-17-10-28-16-8-15(26)20(13-4-7-19(27)29-9-13)23-21(16)22(17)31(24(30)32)11-18(33-23)12-2-5-14(25)6-3-12/h2-10,18H,11H2,1H3. The molecule has 0 saturated heterocycles. The Morgan fingerprint density at radius 3 is 2.55 bits per heavy atom. The first-order chi connectivity index (χ1) is 15.9. The molecule has 1 aliphatic heterocycles. The summed E-state index contributed by atoms with van der Waals surface area (Å²) in [5, 5.41) is 0.468. The predicted octanol–water partition coefficient (Wildman–Crippen LogP) is 4.50. The van der Waals surface area contributed by atoms with Gasteiger partial charge in [-0.25, -0.2) is 18.6 Å². The number of halogens is 3. The zero-order valence-electron chi connectivity index (χ0n) is 17.2. The number of aryl methyl sites for hydroxylation is 1. The van der Waals surface area contributed by atoms with Crippen LogP contribution in [0, 0.1) is 17.6 Å². The van der Waals surface area contributed by atoms with E-state index < -0.39 is 23.7 Å². The average Bonchev–Trinajstić information content (AvgIpc) is 2.94. The molecule has 6 nitrogen and oxygen atoms in total. The fourth-order valence-corrected chi connectivity index (χ4v) is 4.44. The third-order valence-corrected chi connectivity index (χ3v) is 6.03. The third-order valence-electron chi connectivity index (χ3n) is 6.03. The van der Waals surface area contributed by atoms with Gasteiger partial charge < -0.3 is 4.74 Å². The number of hydrogen-bond donors (Lipinski definition) is 0. The molecule has 0 bridgehead atoms. The molecule has 0 amide bonds. The monoisotopic (exact) mass is 448 g/mol. The first kappa shape index (κ1) is 19.5. The fraction of sp³-hybridized carbons (Fsp3) is 0.125. The number of pyridine rings is 2. The third kappa shape index (κ3) is 2.85. The van der Waals surface area contributed by atoms with E-state index in [1.807, 2.05) is 0 Å². The fourth-order valence-electron chi connectivity index (χ4n) is 4.44. The van der Waals surface area contributed by atoms with Crippen molar-refractivity contribution < 1.29 is 17.9 Å². The molecule has 0 aliphatic carbocycles. The highest BCUT2D eigenvalue weighted by molar-refractivity contribution is 6.09. The summed E-state index contributed by atoms with van der Waals surface area (Å²) in [5.41, 5.74) is 2.16. The summed E-state index contributed by atoms with van der Waals surface area (Å²) in [6, 6.07) is 9.54. The van der Waals surface area contributed by atoms with Gasteiger partial charge in [-0.1, -0.05) is 12.1 Å². The van der Waals surface area contributed by atoms with E-state index in [2.05, 4.69) is 9.97 Å². The van der Waals surface area contributed by atoms with E-state index in [9.17, 15) is 13.6 Å². The SMILES string of the molecule is Cn1c(=O)n2c3c4c(c(-c5ccc(F)nc5)c(F)cc4ncc31)OC(c1ccc(F)cc1)C2. The number of imidazole rings is 1. The van der Waals surface area contributed by atoms with Gasteiger partial charge in [-0.15, -0.1) is 0 Å². The van der Waals surface area contributed by atoms with Crippen LogP contribution in [0.2, 0.25) is 0 Å². The minimum atomic E-state index is -0.724. The van der Waals surface area contributed by atoms with Crippen molar-refractivity contribution in [3.8, 4) is 16.9 Å². The Bertz CT molecular complexity index is 1620. The van der Waals surface area contributed by atoms with Crippen molar-refractivity contribution in [1.82, 2.24) is 19.1 Å². The number of benzene rings is 2. The number of hydrogen-bond acceptors (Lipinski definition) is 4. The van der Waals surface area contributed by atoms with Crippen LogP contribution < -0.4 is 10.4 Å². The molecule has 2 aromatic carbocycles. The van der Waals surface area contributed by atoms with Gasteiger partial charge in [0.15, 0.2) is 0 Å². The first-order valence-corrected chi connectivity index (χ1v) is 10.2. The Hall–Kier alpha value is -4.14. The van der Waals surface area contributed by atoms with Crippen LogP contribution >= 0.6 is 0 Å². The van der Waals surface area contributed by atoms with Crippen LogP contribution in [-0.2, 0) is 13.6 Å². The Balaban J connectivity index is 1.73. The van der Waals surface area contributed by atoms with Gasteiger partial charge in [0.25, 0.3) is 0 Å². The molecule has 9 heteroatoms. The van der Waals surface area contributed by atoms with Gasteiger partial charge in [0.2, 0.25) is 5.95 Å². The van der Waals surface area contributed by atoms with Crippen LogP contribution in [0.1, 0.15) is 11.7 Å². The highest BCUT2D eigenvalue weighted by Gasteiger charge is 2.30. The van der Waals surface area contributed by atoms with E-state index >= 15 is 4.39 Å². The summed E-state index contributed by atoms with van der Waals surface area (Å²) in [5.74, 6) is -1.56. The molecule has 3 aromatic heterocycles. The molecular formula is C24H15F3N4O2. The second kappa shape index (κ2) is 6.93. The minimum absolute atomic E-state index is 0.0844. The molecule has 4 heterocycles. The van der Waals surface area contributed by atoms with Crippen molar-refractivity contribution in [2.45, 2.75) is 12.6 Å². The molecule has 0 radical (unpaired) electrons. The molecule has 1 unspecified atom stereocenters. The van der Waals surface area contributed by atoms with Crippen molar-refractivity contribution in [1.29, 1.82) is 0 Å². The van der Waals surface area contributed by atoms with E-state index in [1.165, 1.54) is 41.2 Å². The first-order valence-electron chi connectivity index (χ1n) is 10.2. The Kier molecular flexibility index (Phi) is 4.10. The number of aromatic nitrogens is 4. The van der Waals surface area contributed by atoms with E-state index in [1.54, 1.807) is 23.7 Å². The zero-order chi connectivity index (χ0) is 22.9. The van der Waals surface area contributed by atoms with Gasteiger partial charge in [-0.3, -0.25) is 14.1 Å². The second-order valence-electron chi connectivity index (χ2n) is 7.93. The second-order valence-corrected chi connectivity index (χ2v) is 7.93. The summed E-state index contributed by atoms with van der Waals surface area (Å²) in [4.78, 5) is 21.1. The molecule has 1 aliphatic rings. The van der Waals surface area contributed by atoms with Crippen LogP contribution in [0.15, 0.2) is 59.7 Å². The summed E-state index contributed by atoms with van der Waals surface area (Å²) in [6.07, 6.45) is 2.03. The van der Waals surface area contributed by atoms with Crippen molar-refractivity contribution in [2.24, 2.45) is 7.05 Å². The maximum atomic E-state index is 15.4. The lowest BCUT2D eigenvalue weighted by Gasteiger charge is -2.21. The van der Waals surface area contributed by atoms with E-state index in [-0.39, 0.29) is 23.5 Å². The molecule has 6 rings (SSSR count). The molecule has 164 valence electrons. The predicted molar refractivity (Wildman–Crippen MR) is 115 cm³/mol. The van der Waals surface area contributed by atoms with Gasteiger partial charge >= 0.3 is 5.69 Å². The lowest BCUT2D eigenvalue weighted by molar-refractivity contribution is 0.189. The maximum absolute atomic E-state index is 15.4. The van der Waals surface area contributed by atoms with Crippen molar-refractivity contribution in [3.05, 3.63) is 88.5 Å². The summed E-state index contributed by atoms with van der Waals surface area (Å²) < 4.78 is 51.8. The molecule has 0 spiro atoms. The lowest BCUT2D eigenvalue weighted by Crippen LogP contribution is -2.26. The Labute approximate surface area is 184 Å². The lowest BCUT2D eigenvalue weighted by atomic mass is 10.0. The largest absolute Gasteiger partial charge is 0.482 e. The molecule has 0 N–H and O–H groups in total. The van der Waals surface area contributed by atoms with E-state index in [0.29, 0.717) is 33.1 Å². The van der Waals surface area contributed by atoms with E-state index in [4.69, 9.17) is 4.74 Å². The molecule has 0 saturated carbocycles. The van der Waals surface area contributed by atoms with E-state index in [0.717, 1.165) is 6.07 Å². The van der Waals surface area contributed by atoms with Crippen LogP contribution in [0.25, 0.3) is 33.1 Å². The molecule has 0 fully saturated rings. The minimum Gasteiger partial charge on any atom is -0.482 e. The van der Waals surface area contributed by atoms with Crippen LogP contribution in [0.5, 0.6) is 5.75 Å². The van der Waals surface area contributed by atoms with Gasteiger partial charge in [-0.2, -0.15) is 4.39 Å². The highest BCUT2D eigenvalue weighted by Crippen LogP contribution is 2.45. The highest BCUT2D eigenvalue weighted by atomic mass is 19.1. The molecular weight excluding hydrogens is 433 g/mol. The normalized spacial score (nSPS) is 15.2. The molecule has 1 atom stereocenters. The van der Waals surface area contributed by atoms with Gasteiger partial charge in [0.05, 0.1) is 40.2 Å². The number of ether oxygens (including phenoxy) is 1. The topological polar surface area (TPSA) is 61.9 Å². The summed E-state index contributed by atoms with van der Waals surface area (Å²) in [7, 11) is 1.64. The average molecular weight is 448 g/mol. The van der Waals surface area contributed by atoms with Crippen molar-refractivity contribution in [2.75, 3.05) is 0 Å². The smallest absolute Gasteiger partial charge is 0.329 e. The maximum Gasteiger partial charge on any atom is 0.329 e. The molecule has 5 aromatic rings. The van der Waals surface area contributed by atoms with Crippen LogP contribution in [0.4, 0.5) is 13.2 Å². The van der Waals surface area contributed by atoms with Gasteiger partial charge in [-0.05, 0) is 29.8 Å². The van der Waals surface area contributed by atoms with Crippen LogP contribution in [0.3, 0.4) is 0 Å². The van der Waals surface area contributed by atoms with Crippen LogP contribution in [-0.4, -0.2) is 19.1 Å². The number of nitrogens with zero attached hydrogens (tertiary/aromatic N) is 4. The molecule has 33 heavy (non-hydrogen) atoms. The van der Waals surface area contributed by atoms with Crippen molar-refractivity contribution >= 4 is 21.9 Å². The number of rotatable bonds is 2. The van der Waals surface area contributed by atoms with Gasteiger partial charge in [0.1, 0.15) is 23.5 Å². The summed E-state index contributed by atoms with van der Waals surface area (Å²) >= 11 is 0. The Morgan fingerprint density at radius 2 is 1.82 bits per heavy atom.